The molecule has 1 aromatic rings. The molecule has 0 amide bonds. The molecule has 0 aliphatic heterocycles. The smallest absolute Gasteiger partial charge is 0.305 e. The van der Waals surface area contributed by atoms with Crippen LogP contribution in [0.4, 0.5) is 11.4 Å². The molecule has 76 valence electrons. The highest BCUT2D eigenvalue weighted by Gasteiger charge is 2.02. The summed E-state index contributed by atoms with van der Waals surface area (Å²) in [6.45, 7) is 0. The van der Waals surface area contributed by atoms with Crippen molar-refractivity contribution in [1.82, 2.24) is 0 Å². The lowest BCUT2D eigenvalue weighted by Gasteiger charge is -2.04. The molecular formula is C10H14N2O2. The topological polar surface area (TPSA) is 78.3 Å². The fourth-order valence-corrected chi connectivity index (χ4v) is 1.13. The fraction of sp³-hybridized carbons (Fsp3) is 0.300. The van der Waals surface area contributed by atoms with E-state index < -0.39 is 0 Å². The van der Waals surface area contributed by atoms with Crippen molar-refractivity contribution < 1.29 is 9.53 Å². The summed E-state index contributed by atoms with van der Waals surface area (Å²) >= 11 is 0. The summed E-state index contributed by atoms with van der Waals surface area (Å²) in [5.74, 6) is -0.222. The monoisotopic (exact) mass is 194 g/mol. The lowest BCUT2D eigenvalue weighted by molar-refractivity contribution is -0.140. The Kier molecular flexibility index (Phi) is 3.34. The van der Waals surface area contributed by atoms with Crippen molar-refractivity contribution in [3.05, 3.63) is 23.8 Å². The molecule has 4 N–H and O–H groups in total. The molecule has 0 atom stereocenters. The third kappa shape index (κ3) is 2.65. The predicted molar refractivity (Wildman–Crippen MR) is 55.6 cm³/mol. The van der Waals surface area contributed by atoms with Gasteiger partial charge >= 0.3 is 5.97 Å². The zero-order valence-corrected chi connectivity index (χ0v) is 8.12. The molecule has 0 spiro atoms. The summed E-state index contributed by atoms with van der Waals surface area (Å²) < 4.78 is 4.53. The van der Waals surface area contributed by atoms with Crippen LogP contribution in [-0.4, -0.2) is 13.1 Å². The highest BCUT2D eigenvalue weighted by molar-refractivity contribution is 5.70. The van der Waals surface area contributed by atoms with Crippen LogP contribution in [0, 0.1) is 0 Å². The van der Waals surface area contributed by atoms with Gasteiger partial charge in [-0.3, -0.25) is 4.79 Å². The summed E-state index contributed by atoms with van der Waals surface area (Å²) in [5.41, 5.74) is 13.3. The Morgan fingerprint density at radius 2 is 2.07 bits per heavy atom. The molecule has 0 aromatic heterocycles. The SMILES string of the molecule is COC(=O)CCc1ccc(N)c(N)c1. The van der Waals surface area contributed by atoms with Crippen molar-refractivity contribution >= 4 is 17.3 Å². The summed E-state index contributed by atoms with van der Waals surface area (Å²) in [7, 11) is 1.37. The molecule has 0 saturated heterocycles. The minimum atomic E-state index is -0.222. The van der Waals surface area contributed by atoms with Gasteiger partial charge in [0.1, 0.15) is 0 Å². The Morgan fingerprint density at radius 3 is 2.64 bits per heavy atom. The number of nitrogen functional groups attached to an aromatic ring is 2. The second-order valence-corrected chi connectivity index (χ2v) is 3.04. The van der Waals surface area contributed by atoms with Crippen LogP contribution in [0.5, 0.6) is 0 Å². The normalized spacial score (nSPS) is 9.79. The molecule has 0 aliphatic rings. The highest BCUT2D eigenvalue weighted by Crippen LogP contribution is 2.16. The number of benzene rings is 1. The van der Waals surface area contributed by atoms with E-state index in [1.165, 1.54) is 7.11 Å². The Labute approximate surface area is 82.8 Å². The van der Waals surface area contributed by atoms with E-state index in [4.69, 9.17) is 11.5 Å². The summed E-state index contributed by atoms with van der Waals surface area (Å²) in [5, 5.41) is 0. The van der Waals surface area contributed by atoms with Gasteiger partial charge in [0, 0.05) is 6.42 Å². The Bertz CT molecular complexity index is 337. The van der Waals surface area contributed by atoms with Gasteiger partial charge in [0.2, 0.25) is 0 Å². The second-order valence-electron chi connectivity index (χ2n) is 3.04. The van der Waals surface area contributed by atoms with E-state index in [1.54, 1.807) is 12.1 Å². The molecule has 0 fully saturated rings. The van der Waals surface area contributed by atoms with Gasteiger partial charge in [-0.1, -0.05) is 6.07 Å². The lowest BCUT2D eigenvalue weighted by atomic mass is 10.1. The molecule has 0 heterocycles. The standard InChI is InChI=1S/C10H14N2O2/c1-14-10(13)5-3-7-2-4-8(11)9(12)6-7/h2,4,6H,3,5,11-12H2,1H3. The first-order valence-electron chi connectivity index (χ1n) is 4.34. The maximum Gasteiger partial charge on any atom is 0.305 e. The number of methoxy groups -OCH3 is 1. The van der Waals surface area contributed by atoms with Gasteiger partial charge in [-0.05, 0) is 24.1 Å². The van der Waals surface area contributed by atoms with Crippen LogP contribution in [0.25, 0.3) is 0 Å². The third-order valence-electron chi connectivity index (χ3n) is 2.00. The van der Waals surface area contributed by atoms with Crippen LogP contribution in [-0.2, 0) is 16.0 Å². The third-order valence-corrected chi connectivity index (χ3v) is 2.00. The average molecular weight is 194 g/mol. The predicted octanol–water partition coefficient (Wildman–Crippen LogP) is 0.957. The van der Waals surface area contributed by atoms with E-state index in [9.17, 15) is 4.79 Å². The maximum absolute atomic E-state index is 10.9. The zero-order chi connectivity index (χ0) is 10.6. The van der Waals surface area contributed by atoms with Gasteiger partial charge in [0.05, 0.1) is 18.5 Å². The summed E-state index contributed by atoms with van der Waals surface area (Å²) in [6.07, 6.45) is 0.983. The van der Waals surface area contributed by atoms with Crippen molar-refractivity contribution in [2.75, 3.05) is 18.6 Å². The lowest BCUT2D eigenvalue weighted by Crippen LogP contribution is -2.02. The van der Waals surface area contributed by atoms with Gasteiger partial charge in [-0.15, -0.1) is 0 Å². The first-order valence-corrected chi connectivity index (χ1v) is 4.34. The first-order chi connectivity index (χ1) is 6.63. The van der Waals surface area contributed by atoms with Crippen LogP contribution in [0.3, 0.4) is 0 Å². The van der Waals surface area contributed by atoms with E-state index in [0.29, 0.717) is 24.2 Å². The van der Waals surface area contributed by atoms with Crippen LogP contribution < -0.4 is 11.5 Å². The highest BCUT2D eigenvalue weighted by atomic mass is 16.5. The fourth-order valence-electron chi connectivity index (χ4n) is 1.13. The van der Waals surface area contributed by atoms with E-state index in [0.717, 1.165) is 5.56 Å². The second kappa shape index (κ2) is 4.50. The van der Waals surface area contributed by atoms with E-state index >= 15 is 0 Å². The first kappa shape index (κ1) is 10.4. The summed E-state index contributed by atoms with van der Waals surface area (Å²) in [6, 6.07) is 5.37. The van der Waals surface area contributed by atoms with Crippen LogP contribution in [0.1, 0.15) is 12.0 Å². The van der Waals surface area contributed by atoms with Gasteiger partial charge in [0.15, 0.2) is 0 Å². The quantitative estimate of drug-likeness (QED) is 0.554. The number of esters is 1. The number of carbonyl (C=O) groups is 1. The molecular weight excluding hydrogens is 180 g/mol. The molecule has 0 saturated carbocycles. The van der Waals surface area contributed by atoms with Gasteiger partial charge in [0.25, 0.3) is 0 Å². The van der Waals surface area contributed by atoms with Crippen LogP contribution >= 0.6 is 0 Å². The van der Waals surface area contributed by atoms with Gasteiger partial charge in [-0.25, -0.2) is 0 Å². The van der Waals surface area contributed by atoms with Crippen LogP contribution in [0.15, 0.2) is 18.2 Å². The molecule has 4 heteroatoms. The minimum Gasteiger partial charge on any atom is -0.469 e. The zero-order valence-electron chi connectivity index (χ0n) is 8.12. The van der Waals surface area contributed by atoms with Crippen LogP contribution in [0.2, 0.25) is 0 Å². The molecule has 0 bridgehead atoms. The molecule has 0 radical (unpaired) electrons. The molecule has 4 nitrogen and oxygen atoms in total. The Hall–Kier alpha value is -1.71. The Balaban J connectivity index is 2.60. The molecule has 1 aromatic carbocycles. The number of hydrogen-bond acceptors (Lipinski definition) is 4. The molecule has 1 rings (SSSR count). The van der Waals surface area contributed by atoms with Crippen molar-refractivity contribution in [2.24, 2.45) is 0 Å². The molecule has 0 aliphatic carbocycles. The molecule has 0 unspecified atom stereocenters. The Morgan fingerprint density at radius 1 is 1.36 bits per heavy atom. The number of hydrogen-bond donors (Lipinski definition) is 2. The van der Waals surface area contributed by atoms with E-state index in [2.05, 4.69) is 4.74 Å². The van der Waals surface area contributed by atoms with Gasteiger partial charge in [-0.2, -0.15) is 0 Å². The van der Waals surface area contributed by atoms with Gasteiger partial charge < -0.3 is 16.2 Å². The van der Waals surface area contributed by atoms with Crippen molar-refractivity contribution in [3.8, 4) is 0 Å². The maximum atomic E-state index is 10.9. The number of rotatable bonds is 3. The summed E-state index contributed by atoms with van der Waals surface area (Å²) in [4.78, 5) is 10.9. The average Bonchev–Trinajstić information content (AvgIpc) is 2.19. The largest absolute Gasteiger partial charge is 0.469 e. The number of anilines is 2. The minimum absolute atomic E-state index is 0.222. The van der Waals surface area contributed by atoms with Crippen molar-refractivity contribution in [1.29, 1.82) is 0 Å². The van der Waals surface area contributed by atoms with E-state index in [1.807, 2.05) is 6.07 Å². The number of nitrogens with two attached hydrogens (primary N) is 2. The molecule has 14 heavy (non-hydrogen) atoms. The van der Waals surface area contributed by atoms with Crippen molar-refractivity contribution in [2.45, 2.75) is 12.8 Å². The number of aryl methyl sites for hydroxylation is 1. The number of carbonyl (C=O) groups excluding carboxylic acids is 1. The van der Waals surface area contributed by atoms with Crippen molar-refractivity contribution in [3.63, 3.8) is 0 Å². The number of ether oxygens (including phenoxy) is 1. The van der Waals surface area contributed by atoms with E-state index in [-0.39, 0.29) is 5.97 Å².